The number of amides is 3. The Bertz CT molecular complexity index is 853. The highest BCUT2D eigenvalue weighted by Gasteiger charge is 2.29. The number of carbonyl (C=O) groups is 3. The molecule has 3 amide bonds. The summed E-state index contributed by atoms with van der Waals surface area (Å²) in [5.74, 6) is -1.11. The van der Waals surface area contributed by atoms with Gasteiger partial charge in [-0.3, -0.25) is 19.1 Å². The van der Waals surface area contributed by atoms with Gasteiger partial charge in [0.1, 0.15) is 6.54 Å². The van der Waals surface area contributed by atoms with Gasteiger partial charge in [-0.15, -0.1) is 11.8 Å². The molecule has 3 rings (SSSR count). The first-order chi connectivity index (χ1) is 11.9. The predicted octanol–water partition coefficient (Wildman–Crippen LogP) is 1.46. The van der Waals surface area contributed by atoms with Gasteiger partial charge in [0.25, 0.3) is 0 Å². The number of nitrogens with one attached hydrogen (secondary N) is 2. The van der Waals surface area contributed by atoms with Crippen LogP contribution in [0.15, 0.2) is 35.5 Å². The summed E-state index contributed by atoms with van der Waals surface area (Å²) in [6.07, 6.45) is 2.90. The molecule has 0 fully saturated rings. The Balaban J connectivity index is 1.61. The molecule has 25 heavy (non-hydrogen) atoms. The fraction of sp³-hybridized carbons (Fsp3) is 0.200. The smallest absolute Gasteiger partial charge is 0.239 e. The molecule has 10 heteroatoms. The summed E-state index contributed by atoms with van der Waals surface area (Å²) in [5.41, 5.74) is 6.16. The van der Waals surface area contributed by atoms with Crippen LogP contribution in [-0.2, 0) is 20.9 Å². The van der Waals surface area contributed by atoms with Crippen LogP contribution in [0.25, 0.3) is 0 Å². The maximum absolute atomic E-state index is 12.2. The van der Waals surface area contributed by atoms with Crippen molar-refractivity contribution in [3.63, 3.8) is 0 Å². The largest absolute Gasteiger partial charge is 0.368 e. The van der Waals surface area contributed by atoms with Crippen LogP contribution in [0.5, 0.6) is 0 Å². The number of rotatable bonds is 5. The van der Waals surface area contributed by atoms with E-state index in [-0.39, 0.29) is 24.8 Å². The minimum absolute atomic E-state index is 0.000431. The highest BCUT2D eigenvalue weighted by atomic mass is 35.5. The highest BCUT2D eigenvalue weighted by molar-refractivity contribution is 8.01. The Morgan fingerprint density at radius 3 is 3.00 bits per heavy atom. The van der Waals surface area contributed by atoms with E-state index in [4.69, 9.17) is 17.3 Å². The molecule has 0 aliphatic carbocycles. The Morgan fingerprint density at radius 1 is 1.44 bits per heavy atom. The van der Waals surface area contributed by atoms with Crippen molar-refractivity contribution in [2.24, 2.45) is 5.73 Å². The van der Waals surface area contributed by atoms with Gasteiger partial charge in [0.05, 0.1) is 22.8 Å². The van der Waals surface area contributed by atoms with Crippen LogP contribution in [0.4, 0.5) is 11.4 Å². The van der Waals surface area contributed by atoms with Crippen molar-refractivity contribution < 1.29 is 14.4 Å². The van der Waals surface area contributed by atoms with E-state index in [2.05, 4.69) is 15.7 Å². The monoisotopic (exact) mass is 379 g/mol. The molecule has 4 N–H and O–H groups in total. The number of benzene rings is 1. The second-order valence-corrected chi connectivity index (χ2v) is 7.06. The van der Waals surface area contributed by atoms with Gasteiger partial charge < -0.3 is 16.4 Å². The number of halogens is 1. The Morgan fingerprint density at radius 2 is 2.24 bits per heavy atom. The van der Waals surface area contributed by atoms with Crippen LogP contribution >= 0.6 is 23.4 Å². The first-order valence-corrected chi connectivity index (χ1v) is 8.54. The lowest BCUT2D eigenvalue weighted by molar-refractivity contribution is -0.120. The molecule has 2 aromatic rings. The fourth-order valence-electron chi connectivity index (χ4n) is 2.31. The normalized spacial score (nSPS) is 16.0. The van der Waals surface area contributed by atoms with Gasteiger partial charge in [-0.2, -0.15) is 5.10 Å². The van der Waals surface area contributed by atoms with Crippen molar-refractivity contribution in [1.29, 1.82) is 0 Å². The van der Waals surface area contributed by atoms with E-state index in [1.807, 2.05) is 0 Å². The summed E-state index contributed by atoms with van der Waals surface area (Å²) in [5, 5.41) is 9.30. The molecular formula is C15H14ClN5O3S. The zero-order valence-electron chi connectivity index (χ0n) is 12.9. The van der Waals surface area contributed by atoms with Gasteiger partial charge in [-0.25, -0.2) is 0 Å². The fourth-order valence-corrected chi connectivity index (χ4v) is 3.57. The van der Waals surface area contributed by atoms with Gasteiger partial charge >= 0.3 is 0 Å². The third-order valence-electron chi connectivity index (χ3n) is 3.37. The quantitative estimate of drug-likeness (QED) is 0.726. The molecule has 1 atom stereocenters. The second-order valence-electron chi connectivity index (χ2n) is 5.38. The molecule has 130 valence electrons. The number of hydrogen-bond donors (Lipinski definition) is 3. The standard InChI is InChI=1S/C15H14ClN5O3S/c16-8-1-2-11-10(3-8)20-15(24)12(25-11)4-14(23)19-9-5-18-21(6-9)7-13(17)22/h1-3,5-6,12H,4,7H2,(H2,17,22)(H,19,23)(H,20,24). The first kappa shape index (κ1) is 17.3. The molecule has 1 aromatic heterocycles. The minimum atomic E-state index is -0.547. The first-order valence-electron chi connectivity index (χ1n) is 7.28. The summed E-state index contributed by atoms with van der Waals surface area (Å²) < 4.78 is 1.32. The van der Waals surface area contributed by atoms with Crippen LogP contribution in [0.1, 0.15) is 6.42 Å². The molecule has 0 bridgehead atoms. The van der Waals surface area contributed by atoms with E-state index in [0.717, 1.165) is 4.90 Å². The van der Waals surface area contributed by atoms with Crippen LogP contribution in [-0.4, -0.2) is 32.8 Å². The average Bonchev–Trinajstić information content (AvgIpc) is 2.94. The average molecular weight is 380 g/mol. The lowest BCUT2D eigenvalue weighted by Crippen LogP contribution is -2.32. The highest BCUT2D eigenvalue weighted by Crippen LogP contribution is 2.38. The Labute approximate surface area is 152 Å². The zero-order valence-corrected chi connectivity index (χ0v) is 14.4. The third kappa shape index (κ3) is 4.31. The van der Waals surface area contributed by atoms with Gasteiger partial charge in [0.15, 0.2) is 0 Å². The van der Waals surface area contributed by atoms with Crippen molar-refractivity contribution in [2.45, 2.75) is 23.1 Å². The van der Waals surface area contributed by atoms with Crippen LogP contribution < -0.4 is 16.4 Å². The van der Waals surface area contributed by atoms with Crippen molar-refractivity contribution in [3.05, 3.63) is 35.6 Å². The third-order valence-corrected chi connectivity index (χ3v) is 4.88. The second kappa shape index (κ2) is 7.16. The molecule has 0 saturated heterocycles. The zero-order chi connectivity index (χ0) is 18.0. The molecule has 8 nitrogen and oxygen atoms in total. The molecule has 0 spiro atoms. The molecule has 1 aliphatic rings. The number of hydrogen-bond acceptors (Lipinski definition) is 5. The van der Waals surface area contributed by atoms with E-state index in [9.17, 15) is 14.4 Å². The van der Waals surface area contributed by atoms with Gasteiger partial charge in [0, 0.05) is 22.5 Å². The van der Waals surface area contributed by atoms with E-state index in [1.54, 1.807) is 18.2 Å². The Hall–Kier alpha value is -2.52. The number of aromatic nitrogens is 2. The van der Waals surface area contributed by atoms with Crippen molar-refractivity contribution in [1.82, 2.24) is 9.78 Å². The number of nitrogens with two attached hydrogens (primary N) is 1. The SMILES string of the molecule is NC(=O)Cn1cc(NC(=O)CC2Sc3ccc(Cl)cc3NC2=O)cn1. The van der Waals surface area contributed by atoms with E-state index in [0.29, 0.717) is 16.4 Å². The Kier molecular flexibility index (Phi) is 4.95. The maximum atomic E-state index is 12.2. The summed E-state index contributed by atoms with van der Waals surface area (Å²) in [6, 6.07) is 5.21. The molecule has 1 unspecified atom stereocenters. The van der Waals surface area contributed by atoms with E-state index < -0.39 is 11.2 Å². The van der Waals surface area contributed by atoms with Gasteiger partial charge in [-0.1, -0.05) is 11.6 Å². The van der Waals surface area contributed by atoms with Crippen LogP contribution in [0.2, 0.25) is 5.02 Å². The molecule has 2 heterocycles. The lowest BCUT2D eigenvalue weighted by atomic mass is 10.2. The predicted molar refractivity (Wildman–Crippen MR) is 94.4 cm³/mol. The molecule has 1 aliphatic heterocycles. The summed E-state index contributed by atoms with van der Waals surface area (Å²) in [7, 11) is 0. The van der Waals surface area contributed by atoms with Crippen molar-refractivity contribution in [3.8, 4) is 0 Å². The van der Waals surface area contributed by atoms with E-state index in [1.165, 1.54) is 28.8 Å². The van der Waals surface area contributed by atoms with Crippen molar-refractivity contribution in [2.75, 3.05) is 10.6 Å². The molecule has 0 radical (unpaired) electrons. The van der Waals surface area contributed by atoms with Gasteiger partial charge in [-0.05, 0) is 18.2 Å². The molecular weight excluding hydrogens is 366 g/mol. The number of carbonyl (C=O) groups excluding carboxylic acids is 3. The topological polar surface area (TPSA) is 119 Å². The number of fused-ring (bicyclic) bond motifs is 1. The van der Waals surface area contributed by atoms with Crippen LogP contribution in [0, 0.1) is 0 Å². The van der Waals surface area contributed by atoms with E-state index >= 15 is 0 Å². The summed E-state index contributed by atoms with van der Waals surface area (Å²) in [4.78, 5) is 36.0. The van der Waals surface area contributed by atoms with Gasteiger partial charge in [0.2, 0.25) is 17.7 Å². The number of anilines is 2. The van der Waals surface area contributed by atoms with Crippen LogP contribution in [0.3, 0.4) is 0 Å². The summed E-state index contributed by atoms with van der Waals surface area (Å²) >= 11 is 7.22. The lowest BCUT2D eigenvalue weighted by Gasteiger charge is -2.23. The molecule has 1 aromatic carbocycles. The molecule has 0 saturated carbocycles. The number of thioether (sulfide) groups is 1. The summed E-state index contributed by atoms with van der Waals surface area (Å²) in [6.45, 7) is -0.0733. The number of nitrogens with zero attached hydrogens (tertiary/aromatic N) is 2. The number of primary amides is 1. The maximum Gasteiger partial charge on any atom is 0.239 e. The minimum Gasteiger partial charge on any atom is -0.368 e. The van der Waals surface area contributed by atoms with Crippen molar-refractivity contribution >= 4 is 52.5 Å².